The Balaban J connectivity index is 1.68. The Kier molecular flexibility index (Phi) is 5.13. The molecule has 0 radical (unpaired) electrons. The fraction of sp³-hybridized carbons (Fsp3) is 0.389. The monoisotopic (exact) mass is 335 g/mol. The molecule has 128 valence electrons. The number of aromatic nitrogens is 1. The minimum absolute atomic E-state index is 0.0124. The van der Waals surface area contributed by atoms with Gasteiger partial charge in [0.05, 0.1) is 6.61 Å². The number of aromatic hydroxyl groups is 1. The minimum atomic E-state index is -2.88. The highest BCUT2D eigenvalue weighted by Gasteiger charge is 2.23. The maximum absolute atomic E-state index is 12.5. The van der Waals surface area contributed by atoms with Gasteiger partial charge in [-0.05, 0) is 60.9 Å². The zero-order valence-corrected chi connectivity index (χ0v) is 13.1. The van der Waals surface area contributed by atoms with Crippen molar-refractivity contribution in [3.05, 3.63) is 47.7 Å². The van der Waals surface area contributed by atoms with Gasteiger partial charge >= 0.3 is 6.61 Å². The maximum atomic E-state index is 12.5. The Morgan fingerprint density at radius 3 is 2.50 bits per heavy atom. The van der Waals surface area contributed by atoms with E-state index in [9.17, 15) is 13.9 Å². The molecule has 24 heavy (non-hydrogen) atoms. The number of alkyl halides is 2. The quantitative estimate of drug-likeness (QED) is 0.793. The molecule has 1 aromatic heterocycles. The molecule has 1 aliphatic rings. The summed E-state index contributed by atoms with van der Waals surface area (Å²) in [7, 11) is 0. The highest BCUT2D eigenvalue weighted by Crippen LogP contribution is 2.34. The predicted octanol–water partition coefficient (Wildman–Crippen LogP) is 3.96. The van der Waals surface area contributed by atoms with Gasteiger partial charge in [0, 0.05) is 12.3 Å². The number of halogens is 2. The lowest BCUT2D eigenvalue weighted by atomic mass is 10.0. The van der Waals surface area contributed by atoms with E-state index in [4.69, 9.17) is 4.74 Å². The average molecular weight is 335 g/mol. The van der Waals surface area contributed by atoms with Crippen LogP contribution in [-0.2, 0) is 12.8 Å². The van der Waals surface area contributed by atoms with Crippen molar-refractivity contribution in [2.24, 2.45) is 5.92 Å². The third kappa shape index (κ3) is 4.81. The second kappa shape index (κ2) is 7.47. The van der Waals surface area contributed by atoms with Gasteiger partial charge in [0.1, 0.15) is 0 Å². The molecule has 0 bridgehead atoms. The van der Waals surface area contributed by atoms with E-state index < -0.39 is 6.61 Å². The van der Waals surface area contributed by atoms with Crippen LogP contribution in [0.25, 0.3) is 0 Å². The predicted molar refractivity (Wildman–Crippen MR) is 84.6 cm³/mol. The third-order valence-electron chi connectivity index (χ3n) is 3.91. The molecule has 0 unspecified atom stereocenters. The van der Waals surface area contributed by atoms with Gasteiger partial charge in [0.2, 0.25) is 5.88 Å². The van der Waals surface area contributed by atoms with Crippen molar-refractivity contribution in [3.63, 3.8) is 0 Å². The van der Waals surface area contributed by atoms with Gasteiger partial charge in [0.25, 0.3) is 0 Å². The third-order valence-corrected chi connectivity index (χ3v) is 3.91. The van der Waals surface area contributed by atoms with Crippen molar-refractivity contribution in [3.8, 4) is 17.4 Å². The van der Waals surface area contributed by atoms with Crippen LogP contribution in [0.4, 0.5) is 8.78 Å². The molecule has 1 aliphatic carbocycles. The summed E-state index contributed by atoms with van der Waals surface area (Å²) in [4.78, 5) is 3.74. The summed E-state index contributed by atoms with van der Waals surface area (Å²) < 4.78 is 35.2. The molecule has 1 fully saturated rings. The second-order valence-corrected chi connectivity index (χ2v) is 5.94. The lowest BCUT2D eigenvalue weighted by molar-refractivity contribution is -0.0515. The van der Waals surface area contributed by atoms with Gasteiger partial charge < -0.3 is 14.6 Å². The lowest BCUT2D eigenvalue weighted by Gasteiger charge is -2.13. The molecule has 1 saturated carbocycles. The van der Waals surface area contributed by atoms with Gasteiger partial charge in [-0.2, -0.15) is 8.78 Å². The number of nitrogens with zero attached hydrogens (tertiary/aromatic N) is 1. The SMILES string of the molecule is Oc1cc(CCc2ccc(OC(F)F)c(OCC3CC3)c2)ccn1. The number of hydrogen-bond acceptors (Lipinski definition) is 4. The van der Waals surface area contributed by atoms with Crippen molar-refractivity contribution in [1.29, 1.82) is 0 Å². The first-order chi connectivity index (χ1) is 11.6. The van der Waals surface area contributed by atoms with E-state index in [1.54, 1.807) is 24.4 Å². The zero-order chi connectivity index (χ0) is 16.9. The first kappa shape index (κ1) is 16.5. The van der Waals surface area contributed by atoms with E-state index in [1.807, 2.05) is 6.07 Å². The van der Waals surface area contributed by atoms with Crippen LogP contribution < -0.4 is 9.47 Å². The average Bonchev–Trinajstić information content (AvgIpc) is 3.36. The fourth-order valence-corrected chi connectivity index (χ4v) is 2.41. The first-order valence-corrected chi connectivity index (χ1v) is 7.94. The van der Waals surface area contributed by atoms with Crippen LogP contribution in [0.2, 0.25) is 0 Å². The maximum Gasteiger partial charge on any atom is 0.387 e. The summed E-state index contributed by atoms with van der Waals surface area (Å²) in [5.41, 5.74) is 1.91. The van der Waals surface area contributed by atoms with E-state index in [0.29, 0.717) is 31.1 Å². The molecule has 0 aliphatic heterocycles. The number of rotatable bonds is 8. The summed E-state index contributed by atoms with van der Waals surface area (Å²) in [6.45, 7) is -2.35. The van der Waals surface area contributed by atoms with Crippen molar-refractivity contribution in [2.75, 3.05) is 6.61 Å². The summed E-state index contributed by atoms with van der Waals surface area (Å²) >= 11 is 0. The molecule has 0 saturated heterocycles. The van der Waals surface area contributed by atoms with Crippen LogP contribution >= 0.6 is 0 Å². The van der Waals surface area contributed by atoms with Crippen LogP contribution in [0, 0.1) is 5.92 Å². The number of pyridine rings is 1. The molecule has 0 atom stereocenters. The number of ether oxygens (including phenoxy) is 2. The van der Waals surface area contributed by atoms with Crippen LogP contribution in [0.1, 0.15) is 24.0 Å². The largest absolute Gasteiger partial charge is 0.493 e. The fourth-order valence-electron chi connectivity index (χ4n) is 2.41. The van der Waals surface area contributed by atoms with E-state index in [1.165, 1.54) is 6.07 Å². The Hall–Kier alpha value is -2.37. The van der Waals surface area contributed by atoms with Crippen LogP contribution in [0.3, 0.4) is 0 Å². The summed E-state index contributed by atoms with van der Waals surface area (Å²) in [5.74, 6) is 0.933. The summed E-state index contributed by atoms with van der Waals surface area (Å²) in [6, 6.07) is 8.47. The Morgan fingerprint density at radius 2 is 1.83 bits per heavy atom. The number of aryl methyl sites for hydroxylation is 2. The summed E-state index contributed by atoms with van der Waals surface area (Å²) in [6.07, 6.45) is 5.19. The minimum Gasteiger partial charge on any atom is -0.493 e. The highest BCUT2D eigenvalue weighted by molar-refractivity contribution is 5.43. The molecule has 6 heteroatoms. The molecule has 3 rings (SSSR count). The van der Waals surface area contributed by atoms with Gasteiger partial charge in [-0.15, -0.1) is 0 Å². The molecular weight excluding hydrogens is 316 g/mol. The van der Waals surface area contributed by atoms with E-state index in [0.717, 1.165) is 24.0 Å². The van der Waals surface area contributed by atoms with Gasteiger partial charge in [0.15, 0.2) is 11.5 Å². The van der Waals surface area contributed by atoms with Crippen molar-refractivity contribution in [2.45, 2.75) is 32.3 Å². The van der Waals surface area contributed by atoms with Gasteiger partial charge in [-0.1, -0.05) is 6.07 Å². The molecule has 0 spiro atoms. The Morgan fingerprint density at radius 1 is 1.08 bits per heavy atom. The van der Waals surface area contributed by atoms with E-state index in [-0.39, 0.29) is 11.6 Å². The van der Waals surface area contributed by atoms with Crippen molar-refractivity contribution in [1.82, 2.24) is 4.98 Å². The Labute approximate surface area is 139 Å². The molecule has 1 aromatic carbocycles. The molecule has 0 amide bonds. The van der Waals surface area contributed by atoms with Crippen molar-refractivity contribution < 1.29 is 23.4 Å². The van der Waals surface area contributed by atoms with Crippen LogP contribution in [-0.4, -0.2) is 23.3 Å². The second-order valence-electron chi connectivity index (χ2n) is 5.94. The zero-order valence-electron chi connectivity index (χ0n) is 13.1. The molecule has 1 heterocycles. The number of hydrogen-bond donors (Lipinski definition) is 1. The highest BCUT2D eigenvalue weighted by atomic mass is 19.3. The lowest BCUT2D eigenvalue weighted by Crippen LogP contribution is -2.06. The smallest absolute Gasteiger partial charge is 0.387 e. The molecule has 2 aromatic rings. The Bertz CT molecular complexity index is 690. The normalized spacial score (nSPS) is 14.0. The van der Waals surface area contributed by atoms with Gasteiger partial charge in [-0.3, -0.25) is 0 Å². The van der Waals surface area contributed by atoms with E-state index >= 15 is 0 Å². The van der Waals surface area contributed by atoms with Crippen LogP contribution in [0.15, 0.2) is 36.5 Å². The molecular formula is C18H19F2NO3. The molecule has 4 nitrogen and oxygen atoms in total. The van der Waals surface area contributed by atoms with E-state index in [2.05, 4.69) is 9.72 Å². The van der Waals surface area contributed by atoms with Gasteiger partial charge in [-0.25, -0.2) is 4.98 Å². The van der Waals surface area contributed by atoms with Crippen molar-refractivity contribution >= 4 is 0 Å². The van der Waals surface area contributed by atoms with Crippen LogP contribution in [0.5, 0.6) is 17.4 Å². The molecule has 1 N–H and O–H groups in total. The first-order valence-electron chi connectivity index (χ1n) is 7.94. The topological polar surface area (TPSA) is 51.6 Å². The summed E-state index contributed by atoms with van der Waals surface area (Å²) in [5, 5.41) is 9.38. The standard InChI is InChI=1S/C18H19F2NO3/c19-18(20)24-15-6-5-12(9-16(15)23-11-14-3-4-14)1-2-13-7-8-21-17(22)10-13/h5-10,14,18H,1-4,11H2,(H,21,22). The number of benzene rings is 1.